The molecule has 0 aliphatic carbocycles. The lowest BCUT2D eigenvalue weighted by Gasteiger charge is -2.14. The van der Waals surface area contributed by atoms with Crippen molar-refractivity contribution in [3.63, 3.8) is 0 Å². The van der Waals surface area contributed by atoms with Gasteiger partial charge in [0.05, 0.1) is 28.3 Å². The maximum Gasteiger partial charge on any atom is 0.261 e. The summed E-state index contributed by atoms with van der Waals surface area (Å²) < 4.78 is 34.1. The SMILES string of the molecule is COc1ccc(S(=O)(=O)Nc2ccc(Br)cc2)cc1NC(=O)c1ccccc1Cl. The minimum Gasteiger partial charge on any atom is -0.495 e. The van der Waals surface area contributed by atoms with Gasteiger partial charge in [0.2, 0.25) is 0 Å². The molecule has 0 unspecified atom stereocenters. The quantitative estimate of drug-likeness (QED) is 0.494. The van der Waals surface area contributed by atoms with Gasteiger partial charge in [-0.3, -0.25) is 9.52 Å². The average Bonchev–Trinajstić information content (AvgIpc) is 2.70. The van der Waals surface area contributed by atoms with E-state index in [0.717, 1.165) is 4.47 Å². The Hall–Kier alpha value is -2.55. The second-order valence-electron chi connectivity index (χ2n) is 5.91. The Morgan fingerprint density at radius 3 is 2.38 bits per heavy atom. The summed E-state index contributed by atoms with van der Waals surface area (Å²) in [4.78, 5) is 12.5. The molecule has 0 atom stereocenters. The molecule has 9 heteroatoms. The smallest absolute Gasteiger partial charge is 0.261 e. The second-order valence-corrected chi connectivity index (χ2v) is 8.91. The molecule has 0 saturated carbocycles. The molecule has 6 nitrogen and oxygen atoms in total. The molecule has 0 fully saturated rings. The van der Waals surface area contributed by atoms with E-state index in [4.69, 9.17) is 16.3 Å². The fourth-order valence-electron chi connectivity index (χ4n) is 2.52. The number of amides is 1. The summed E-state index contributed by atoms with van der Waals surface area (Å²) in [6.07, 6.45) is 0. The van der Waals surface area contributed by atoms with Gasteiger partial charge in [0.25, 0.3) is 15.9 Å². The number of sulfonamides is 1. The molecule has 0 aliphatic heterocycles. The largest absolute Gasteiger partial charge is 0.495 e. The monoisotopic (exact) mass is 494 g/mol. The maximum atomic E-state index is 12.8. The van der Waals surface area contributed by atoms with Crippen LogP contribution in [0.3, 0.4) is 0 Å². The number of rotatable bonds is 6. The molecule has 150 valence electrons. The lowest BCUT2D eigenvalue weighted by molar-refractivity contribution is 0.102. The van der Waals surface area contributed by atoms with E-state index in [9.17, 15) is 13.2 Å². The third-order valence-corrected chi connectivity index (χ3v) is 6.18. The van der Waals surface area contributed by atoms with Gasteiger partial charge in [-0.2, -0.15) is 0 Å². The van der Waals surface area contributed by atoms with Crippen molar-refractivity contribution in [2.24, 2.45) is 0 Å². The number of benzene rings is 3. The first-order valence-corrected chi connectivity index (χ1v) is 11.0. The number of halogens is 2. The summed E-state index contributed by atoms with van der Waals surface area (Å²) in [6.45, 7) is 0. The molecule has 3 rings (SSSR count). The van der Waals surface area contributed by atoms with E-state index < -0.39 is 15.9 Å². The summed E-state index contributed by atoms with van der Waals surface area (Å²) in [6, 6.07) is 17.5. The number of hydrogen-bond donors (Lipinski definition) is 2. The van der Waals surface area contributed by atoms with Crippen LogP contribution in [0.15, 0.2) is 76.1 Å². The molecule has 0 aliphatic rings. The molecule has 1 amide bonds. The Bertz CT molecular complexity index is 1150. The minimum absolute atomic E-state index is 0.0318. The lowest BCUT2D eigenvalue weighted by atomic mass is 10.2. The van der Waals surface area contributed by atoms with Gasteiger partial charge in [0.1, 0.15) is 5.75 Å². The molecular formula is C20H16BrClN2O4S. The fourth-order valence-corrected chi connectivity index (χ4v) is 4.09. The first-order valence-electron chi connectivity index (χ1n) is 8.32. The minimum atomic E-state index is -3.88. The topological polar surface area (TPSA) is 84.5 Å². The van der Waals surface area contributed by atoms with Gasteiger partial charge in [0, 0.05) is 10.2 Å². The van der Waals surface area contributed by atoms with Crippen molar-refractivity contribution in [3.05, 3.63) is 81.8 Å². The van der Waals surface area contributed by atoms with Crippen LogP contribution in [-0.2, 0) is 10.0 Å². The van der Waals surface area contributed by atoms with E-state index >= 15 is 0 Å². The van der Waals surface area contributed by atoms with Gasteiger partial charge in [-0.15, -0.1) is 0 Å². The summed E-state index contributed by atoms with van der Waals surface area (Å²) in [5.74, 6) is -0.169. The number of carbonyl (C=O) groups excluding carboxylic acids is 1. The predicted molar refractivity (Wildman–Crippen MR) is 117 cm³/mol. The third-order valence-electron chi connectivity index (χ3n) is 3.94. The molecule has 3 aromatic carbocycles. The maximum absolute atomic E-state index is 12.8. The van der Waals surface area contributed by atoms with Gasteiger partial charge in [-0.25, -0.2) is 8.42 Å². The normalized spacial score (nSPS) is 11.0. The molecule has 0 aromatic heterocycles. The third kappa shape index (κ3) is 5.09. The highest BCUT2D eigenvalue weighted by Gasteiger charge is 2.19. The van der Waals surface area contributed by atoms with Crippen LogP contribution in [0.5, 0.6) is 5.75 Å². The molecular weight excluding hydrogens is 480 g/mol. The summed E-state index contributed by atoms with van der Waals surface area (Å²) >= 11 is 9.36. The zero-order valence-corrected chi connectivity index (χ0v) is 18.3. The van der Waals surface area contributed by atoms with Crippen molar-refractivity contribution in [3.8, 4) is 5.75 Å². The Morgan fingerprint density at radius 2 is 1.72 bits per heavy atom. The van der Waals surface area contributed by atoms with E-state index in [1.807, 2.05) is 0 Å². The van der Waals surface area contributed by atoms with Crippen molar-refractivity contribution in [1.82, 2.24) is 0 Å². The molecule has 0 spiro atoms. The van der Waals surface area contributed by atoms with Crippen molar-refractivity contribution in [1.29, 1.82) is 0 Å². The van der Waals surface area contributed by atoms with Crippen LogP contribution in [0.25, 0.3) is 0 Å². The van der Waals surface area contributed by atoms with E-state index in [2.05, 4.69) is 26.0 Å². The number of ether oxygens (including phenoxy) is 1. The first kappa shape index (κ1) is 21.2. The van der Waals surface area contributed by atoms with E-state index in [1.54, 1.807) is 48.5 Å². The highest BCUT2D eigenvalue weighted by Crippen LogP contribution is 2.29. The Kier molecular flexibility index (Phi) is 6.46. The van der Waals surface area contributed by atoms with Crippen molar-refractivity contribution >= 4 is 54.8 Å². The van der Waals surface area contributed by atoms with Crippen LogP contribution < -0.4 is 14.8 Å². The van der Waals surface area contributed by atoms with E-state index in [-0.39, 0.29) is 21.2 Å². The van der Waals surface area contributed by atoms with E-state index in [0.29, 0.717) is 11.4 Å². The van der Waals surface area contributed by atoms with Crippen LogP contribution in [0, 0.1) is 0 Å². The van der Waals surface area contributed by atoms with Crippen LogP contribution in [-0.4, -0.2) is 21.4 Å². The molecule has 2 N–H and O–H groups in total. The second kappa shape index (κ2) is 8.86. The van der Waals surface area contributed by atoms with Crippen LogP contribution in [0.4, 0.5) is 11.4 Å². The predicted octanol–water partition coefficient (Wildman–Crippen LogP) is 5.16. The Labute approximate surface area is 182 Å². The first-order chi connectivity index (χ1) is 13.8. The summed E-state index contributed by atoms with van der Waals surface area (Å²) in [7, 11) is -2.46. The Balaban J connectivity index is 1.91. The molecule has 0 saturated heterocycles. The van der Waals surface area contributed by atoms with Crippen molar-refractivity contribution in [2.75, 3.05) is 17.1 Å². The average molecular weight is 496 g/mol. The number of anilines is 2. The standard InChI is InChI=1S/C20H16BrClN2O4S/c1-28-19-11-10-15(29(26,27)24-14-8-6-13(21)7-9-14)12-18(19)23-20(25)16-4-2-3-5-17(16)22/h2-12,24H,1H3,(H,23,25). The zero-order chi connectivity index (χ0) is 21.0. The van der Waals surface area contributed by atoms with Gasteiger partial charge < -0.3 is 10.1 Å². The Morgan fingerprint density at radius 1 is 1.03 bits per heavy atom. The van der Waals surface area contributed by atoms with Crippen molar-refractivity contribution < 1.29 is 17.9 Å². The highest BCUT2D eigenvalue weighted by atomic mass is 79.9. The molecule has 0 radical (unpaired) electrons. The molecule has 0 heterocycles. The number of methoxy groups -OCH3 is 1. The van der Waals surface area contributed by atoms with Gasteiger partial charge in [-0.05, 0) is 54.6 Å². The van der Waals surface area contributed by atoms with Crippen LogP contribution in [0.1, 0.15) is 10.4 Å². The van der Waals surface area contributed by atoms with Gasteiger partial charge >= 0.3 is 0 Å². The van der Waals surface area contributed by atoms with Crippen LogP contribution >= 0.6 is 27.5 Å². The van der Waals surface area contributed by atoms with E-state index in [1.165, 1.54) is 25.3 Å². The zero-order valence-electron chi connectivity index (χ0n) is 15.1. The van der Waals surface area contributed by atoms with Crippen LogP contribution in [0.2, 0.25) is 5.02 Å². The molecule has 3 aromatic rings. The number of hydrogen-bond acceptors (Lipinski definition) is 4. The fraction of sp³-hybridized carbons (Fsp3) is 0.0500. The highest BCUT2D eigenvalue weighted by molar-refractivity contribution is 9.10. The summed E-state index contributed by atoms with van der Waals surface area (Å²) in [5, 5.41) is 2.94. The summed E-state index contributed by atoms with van der Waals surface area (Å²) in [5.41, 5.74) is 0.874. The molecule has 29 heavy (non-hydrogen) atoms. The number of carbonyl (C=O) groups is 1. The lowest BCUT2D eigenvalue weighted by Crippen LogP contribution is -2.16. The van der Waals surface area contributed by atoms with Gasteiger partial charge in [-0.1, -0.05) is 39.7 Å². The van der Waals surface area contributed by atoms with Gasteiger partial charge in [0.15, 0.2) is 0 Å². The molecule has 0 bridgehead atoms. The number of nitrogens with one attached hydrogen (secondary N) is 2. The van der Waals surface area contributed by atoms with Crippen molar-refractivity contribution in [2.45, 2.75) is 4.90 Å².